The molecule has 0 radical (unpaired) electrons. The van der Waals surface area contributed by atoms with E-state index in [9.17, 15) is 0 Å². The Kier molecular flexibility index (Phi) is 4.61. The predicted octanol–water partition coefficient (Wildman–Crippen LogP) is 3.33. The van der Waals surface area contributed by atoms with Crippen LogP contribution < -0.4 is 5.32 Å². The molecule has 0 spiro atoms. The van der Waals surface area contributed by atoms with Gasteiger partial charge >= 0.3 is 0 Å². The van der Waals surface area contributed by atoms with Crippen LogP contribution in [0.15, 0.2) is 24.3 Å². The Morgan fingerprint density at radius 2 is 1.80 bits per heavy atom. The molecule has 1 heterocycles. The summed E-state index contributed by atoms with van der Waals surface area (Å²) in [5, 5.41) is 8.03. The first-order chi connectivity index (χ1) is 9.56. The number of benzene rings is 1. The quantitative estimate of drug-likeness (QED) is 0.904. The normalized spacial score (nSPS) is 12.7. The van der Waals surface area contributed by atoms with Gasteiger partial charge in [-0.05, 0) is 50.9 Å². The van der Waals surface area contributed by atoms with Gasteiger partial charge < -0.3 is 5.32 Å². The minimum absolute atomic E-state index is 0.290. The Morgan fingerprint density at radius 1 is 1.15 bits per heavy atom. The summed E-state index contributed by atoms with van der Waals surface area (Å²) in [5.74, 6) is 0. The molecule has 1 N–H and O–H groups in total. The van der Waals surface area contributed by atoms with E-state index >= 15 is 0 Å². The molecule has 0 bridgehead atoms. The van der Waals surface area contributed by atoms with Crippen LogP contribution in [0, 0.1) is 20.8 Å². The highest BCUT2D eigenvalue weighted by atomic mass is 15.3. The minimum Gasteiger partial charge on any atom is -0.311 e. The van der Waals surface area contributed by atoms with Crippen molar-refractivity contribution in [1.82, 2.24) is 15.1 Å². The summed E-state index contributed by atoms with van der Waals surface area (Å²) in [6.45, 7) is 9.40. The molecule has 0 amide bonds. The SMILES string of the molecule is CCc1ccc(C(Cn2nc(C)c(C)c2C)NC)cc1. The van der Waals surface area contributed by atoms with E-state index in [0.29, 0.717) is 6.04 Å². The number of hydrogen-bond acceptors (Lipinski definition) is 2. The monoisotopic (exact) mass is 271 g/mol. The van der Waals surface area contributed by atoms with E-state index in [2.05, 4.69) is 67.1 Å². The molecule has 0 fully saturated rings. The maximum Gasteiger partial charge on any atom is 0.0625 e. The van der Waals surface area contributed by atoms with Crippen molar-refractivity contribution < 1.29 is 0 Å². The first-order valence-corrected chi connectivity index (χ1v) is 7.33. The number of aromatic nitrogens is 2. The van der Waals surface area contributed by atoms with Crippen LogP contribution in [0.25, 0.3) is 0 Å². The minimum atomic E-state index is 0.290. The van der Waals surface area contributed by atoms with Gasteiger partial charge in [0.15, 0.2) is 0 Å². The summed E-state index contributed by atoms with van der Waals surface area (Å²) in [5.41, 5.74) is 6.37. The van der Waals surface area contributed by atoms with Crippen molar-refractivity contribution >= 4 is 0 Å². The lowest BCUT2D eigenvalue weighted by atomic mass is 10.0. The molecule has 0 aliphatic heterocycles. The van der Waals surface area contributed by atoms with E-state index in [4.69, 9.17) is 0 Å². The number of likely N-dealkylation sites (N-methyl/N-ethyl adjacent to an activating group) is 1. The second kappa shape index (κ2) is 6.23. The summed E-state index contributed by atoms with van der Waals surface area (Å²) in [4.78, 5) is 0. The van der Waals surface area contributed by atoms with Gasteiger partial charge in [0.05, 0.1) is 18.3 Å². The third kappa shape index (κ3) is 2.93. The molecule has 3 nitrogen and oxygen atoms in total. The number of nitrogens with zero attached hydrogens (tertiary/aromatic N) is 2. The summed E-state index contributed by atoms with van der Waals surface area (Å²) >= 11 is 0. The highest BCUT2D eigenvalue weighted by Crippen LogP contribution is 2.19. The Labute approximate surface area is 122 Å². The van der Waals surface area contributed by atoms with E-state index < -0.39 is 0 Å². The fourth-order valence-corrected chi connectivity index (χ4v) is 2.49. The van der Waals surface area contributed by atoms with E-state index in [1.165, 1.54) is 22.4 Å². The number of aryl methyl sites for hydroxylation is 2. The van der Waals surface area contributed by atoms with E-state index in [1.807, 2.05) is 7.05 Å². The zero-order valence-corrected chi connectivity index (χ0v) is 13.2. The van der Waals surface area contributed by atoms with E-state index in [0.717, 1.165) is 18.7 Å². The van der Waals surface area contributed by atoms with Crippen LogP contribution in [0.3, 0.4) is 0 Å². The van der Waals surface area contributed by atoms with Gasteiger partial charge in [0.2, 0.25) is 0 Å². The summed E-state index contributed by atoms with van der Waals surface area (Å²) in [6.07, 6.45) is 1.08. The molecule has 2 aromatic rings. The average molecular weight is 271 g/mol. The van der Waals surface area contributed by atoms with Crippen molar-refractivity contribution in [2.24, 2.45) is 0 Å². The fraction of sp³-hybridized carbons (Fsp3) is 0.471. The molecule has 20 heavy (non-hydrogen) atoms. The molecule has 1 atom stereocenters. The molecule has 1 aromatic carbocycles. The van der Waals surface area contributed by atoms with Crippen molar-refractivity contribution in [2.45, 2.75) is 46.7 Å². The molecule has 0 aliphatic rings. The average Bonchev–Trinajstić information content (AvgIpc) is 2.72. The molecule has 108 valence electrons. The Balaban J connectivity index is 2.21. The van der Waals surface area contributed by atoms with Crippen LogP contribution in [-0.4, -0.2) is 16.8 Å². The van der Waals surface area contributed by atoms with Crippen LogP contribution in [0.1, 0.15) is 41.0 Å². The van der Waals surface area contributed by atoms with Gasteiger partial charge in [-0.3, -0.25) is 4.68 Å². The second-order valence-electron chi connectivity index (χ2n) is 5.41. The predicted molar refractivity (Wildman–Crippen MR) is 84.1 cm³/mol. The van der Waals surface area contributed by atoms with E-state index in [1.54, 1.807) is 0 Å². The number of nitrogens with one attached hydrogen (secondary N) is 1. The van der Waals surface area contributed by atoms with E-state index in [-0.39, 0.29) is 0 Å². The summed E-state index contributed by atoms with van der Waals surface area (Å²) in [7, 11) is 2.01. The highest BCUT2D eigenvalue weighted by Gasteiger charge is 2.14. The largest absolute Gasteiger partial charge is 0.311 e. The first kappa shape index (κ1) is 14.8. The molecule has 3 heteroatoms. The lowest BCUT2D eigenvalue weighted by molar-refractivity contribution is 0.459. The molecular formula is C17H25N3. The third-order valence-electron chi connectivity index (χ3n) is 4.24. The van der Waals surface area contributed by atoms with Crippen molar-refractivity contribution in [2.75, 3.05) is 7.05 Å². The second-order valence-corrected chi connectivity index (χ2v) is 5.41. The Morgan fingerprint density at radius 3 is 2.25 bits per heavy atom. The molecule has 1 aromatic heterocycles. The fourth-order valence-electron chi connectivity index (χ4n) is 2.49. The zero-order chi connectivity index (χ0) is 14.7. The first-order valence-electron chi connectivity index (χ1n) is 7.33. The van der Waals surface area contributed by atoms with Gasteiger partial charge in [-0.1, -0.05) is 31.2 Å². The van der Waals surface area contributed by atoms with Gasteiger partial charge in [0.25, 0.3) is 0 Å². The maximum absolute atomic E-state index is 4.63. The van der Waals surface area contributed by atoms with Gasteiger partial charge in [-0.2, -0.15) is 5.10 Å². The van der Waals surface area contributed by atoms with Crippen LogP contribution in [0.5, 0.6) is 0 Å². The summed E-state index contributed by atoms with van der Waals surface area (Å²) < 4.78 is 2.11. The highest BCUT2D eigenvalue weighted by molar-refractivity contribution is 5.26. The van der Waals surface area contributed by atoms with Crippen LogP contribution in [0.4, 0.5) is 0 Å². The van der Waals surface area contributed by atoms with Gasteiger partial charge in [0, 0.05) is 5.69 Å². The standard InChI is InChI=1S/C17H25N3/c1-6-15-7-9-16(10-8-15)17(18-5)11-20-14(4)12(2)13(3)19-20/h7-10,17-18H,6,11H2,1-5H3. The lowest BCUT2D eigenvalue weighted by Gasteiger charge is -2.18. The molecule has 2 rings (SSSR count). The molecule has 0 saturated heterocycles. The van der Waals surface area contributed by atoms with Gasteiger partial charge in [0.1, 0.15) is 0 Å². The lowest BCUT2D eigenvalue weighted by Crippen LogP contribution is -2.23. The van der Waals surface area contributed by atoms with Crippen molar-refractivity contribution in [3.63, 3.8) is 0 Å². The zero-order valence-electron chi connectivity index (χ0n) is 13.2. The van der Waals surface area contributed by atoms with Crippen molar-refractivity contribution in [3.8, 4) is 0 Å². The molecular weight excluding hydrogens is 246 g/mol. The van der Waals surface area contributed by atoms with Crippen LogP contribution in [-0.2, 0) is 13.0 Å². The smallest absolute Gasteiger partial charge is 0.0625 e. The van der Waals surface area contributed by atoms with Gasteiger partial charge in [-0.25, -0.2) is 0 Å². The Hall–Kier alpha value is -1.61. The van der Waals surface area contributed by atoms with Crippen molar-refractivity contribution in [1.29, 1.82) is 0 Å². The Bertz CT molecular complexity index is 567. The summed E-state index contributed by atoms with van der Waals surface area (Å²) in [6, 6.07) is 9.16. The topological polar surface area (TPSA) is 29.9 Å². The molecule has 1 unspecified atom stereocenters. The molecule has 0 aliphatic carbocycles. The van der Waals surface area contributed by atoms with Gasteiger partial charge in [-0.15, -0.1) is 0 Å². The third-order valence-corrected chi connectivity index (χ3v) is 4.24. The number of rotatable bonds is 5. The maximum atomic E-state index is 4.63. The molecule has 0 saturated carbocycles. The van der Waals surface area contributed by atoms with Crippen molar-refractivity contribution in [3.05, 3.63) is 52.3 Å². The number of hydrogen-bond donors (Lipinski definition) is 1. The van der Waals surface area contributed by atoms with Crippen LogP contribution in [0.2, 0.25) is 0 Å². The van der Waals surface area contributed by atoms with Crippen LogP contribution >= 0.6 is 0 Å².